The molecule has 0 aromatic heterocycles. The molecule has 0 bridgehead atoms. The maximum atomic E-state index is 8.76. The monoisotopic (exact) mass is 266 g/mol. The molecule has 1 fully saturated rings. The van der Waals surface area contributed by atoms with Gasteiger partial charge in [-0.2, -0.15) is 10.5 Å². The molecule has 3 nitrogen and oxygen atoms in total. The molecule has 1 aromatic carbocycles. The molecule has 0 heterocycles. The van der Waals surface area contributed by atoms with Crippen molar-refractivity contribution >= 4 is 6.08 Å². The summed E-state index contributed by atoms with van der Waals surface area (Å²) in [6.45, 7) is 0.598. The van der Waals surface area contributed by atoms with Gasteiger partial charge in [-0.05, 0) is 36.1 Å². The Morgan fingerprint density at radius 1 is 1.20 bits per heavy atom. The fourth-order valence-electron chi connectivity index (χ4n) is 2.47. The van der Waals surface area contributed by atoms with E-state index in [1.165, 1.54) is 19.3 Å². The molecular weight excluding hydrogens is 248 g/mol. The zero-order chi connectivity index (χ0) is 14.2. The maximum absolute atomic E-state index is 8.76. The topological polar surface area (TPSA) is 56.8 Å². The molecule has 3 heteroatoms. The van der Waals surface area contributed by atoms with Crippen LogP contribution in [0.3, 0.4) is 0 Å². The van der Waals surface area contributed by atoms with Crippen LogP contribution in [0.2, 0.25) is 0 Å². The first-order chi connectivity index (χ1) is 9.81. The minimum absolute atomic E-state index is 0.121. The predicted molar refractivity (Wildman–Crippen MR) is 77.3 cm³/mol. The predicted octanol–water partition coefficient (Wildman–Crippen LogP) is 3.97. The summed E-state index contributed by atoms with van der Waals surface area (Å²) in [4.78, 5) is 0. The number of rotatable bonds is 4. The number of ether oxygens (including phenoxy) is 1. The first kappa shape index (κ1) is 14.3. The summed E-state index contributed by atoms with van der Waals surface area (Å²) in [6, 6.07) is 11.5. The van der Waals surface area contributed by atoms with Gasteiger partial charge in [0.15, 0.2) is 0 Å². The molecule has 1 aliphatic carbocycles. The molecule has 102 valence electrons. The van der Waals surface area contributed by atoms with Gasteiger partial charge in [-0.25, -0.2) is 0 Å². The zero-order valence-corrected chi connectivity index (χ0v) is 11.5. The number of hydrogen-bond donors (Lipinski definition) is 0. The Bertz CT molecular complexity index is 541. The third-order valence-corrected chi connectivity index (χ3v) is 3.54. The van der Waals surface area contributed by atoms with Crippen LogP contribution in [0.25, 0.3) is 6.08 Å². The number of hydrogen-bond acceptors (Lipinski definition) is 3. The van der Waals surface area contributed by atoms with Crippen molar-refractivity contribution in [2.75, 3.05) is 0 Å². The second-order valence-corrected chi connectivity index (χ2v) is 5.10. The van der Waals surface area contributed by atoms with Gasteiger partial charge in [-0.3, -0.25) is 0 Å². The standard InChI is InChI=1S/C17H18N2O/c18-11-16(12-19)10-14-5-4-6-15(9-14)13-20-17-7-2-1-3-8-17/h4-6,9-10,17H,1-3,7-8,13H2. The van der Waals surface area contributed by atoms with E-state index >= 15 is 0 Å². The zero-order valence-electron chi connectivity index (χ0n) is 11.5. The summed E-state index contributed by atoms with van der Waals surface area (Å²) in [7, 11) is 0. The number of nitrogens with zero attached hydrogens (tertiary/aromatic N) is 2. The molecule has 0 N–H and O–H groups in total. The van der Waals surface area contributed by atoms with Crippen LogP contribution in [-0.2, 0) is 11.3 Å². The van der Waals surface area contributed by atoms with Gasteiger partial charge in [0.1, 0.15) is 17.7 Å². The van der Waals surface area contributed by atoms with Gasteiger partial charge < -0.3 is 4.74 Å². The molecule has 0 amide bonds. The molecule has 0 aliphatic heterocycles. The first-order valence-electron chi connectivity index (χ1n) is 7.04. The van der Waals surface area contributed by atoms with E-state index in [1.807, 2.05) is 36.4 Å². The highest BCUT2D eigenvalue weighted by Gasteiger charge is 2.13. The largest absolute Gasteiger partial charge is 0.374 e. The van der Waals surface area contributed by atoms with E-state index in [-0.39, 0.29) is 5.57 Å². The quantitative estimate of drug-likeness (QED) is 0.775. The Morgan fingerprint density at radius 2 is 1.95 bits per heavy atom. The normalized spacial score (nSPS) is 15.1. The van der Waals surface area contributed by atoms with E-state index in [4.69, 9.17) is 15.3 Å². The van der Waals surface area contributed by atoms with Crippen molar-refractivity contribution in [1.82, 2.24) is 0 Å². The fraction of sp³-hybridized carbons (Fsp3) is 0.412. The van der Waals surface area contributed by atoms with E-state index in [0.717, 1.165) is 24.0 Å². The minimum Gasteiger partial charge on any atom is -0.374 e. The Labute approximate surface area is 120 Å². The van der Waals surface area contributed by atoms with Crippen LogP contribution in [-0.4, -0.2) is 6.10 Å². The van der Waals surface area contributed by atoms with Crippen LogP contribution < -0.4 is 0 Å². The molecule has 2 rings (SSSR count). The lowest BCUT2D eigenvalue weighted by Crippen LogP contribution is -2.16. The lowest BCUT2D eigenvalue weighted by atomic mass is 9.98. The van der Waals surface area contributed by atoms with E-state index < -0.39 is 0 Å². The van der Waals surface area contributed by atoms with Gasteiger partial charge in [0.2, 0.25) is 0 Å². The van der Waals surface area contributed by atoms with Crippen molar-refractivity contribution in [3.05, 3.63) is 41.0 Å². The van der Waals surface area contributed by atoms with Crippen molar-refractivity contribution < 1.29 is 4.74 Å². The van der Waals surface area contributed by atoms with Crippen LogP contribution in [0.4, 0.5) is 0 Å². The van der Waals surface area contributed by atoms with E-state index in [9.17, 15) is 0 Å². The van der Waals surface area contributed by atoms with Crippen LogP contribution in [0, 0.1) is 22.7 Å². The second kappa shape index (κ2) is 7.48. The molecule has 0 spiro atoms. The fourth-order valence-corrected chi connectivity index (χ4v) is 2.47. The highest BCUT2D eigenvalue weighted by molar-refractivity contribution is 5.62. The molecule has 20 heavy (non-hydrogen) atoms. The molecular formula is C17H18N2O. The van der Waals surface area contributed by atoms with Crippen molar-refractivity contribution in [3.8, 4) is 12.1 Å². The van der Waals surface area contributed by atoms with Crippen LogP contribution in [0.1, 0.15) is 43.2 Å². The Kier molecular flexibility index (Phi) is 5.35. The van der Waals surface area contributed by atoms with Gasteiger partial charge in [0, 0.05) is 0 Å². The summed E-state index contributed by atoms with van der Waals surface area (Å²) in [5, 5.41) is 17.5. The number of nitriles is 2. The third-order valence-electron chi connectivity index (χ3n) is 3.54. The van der Waals surface area contributed by atoms with Gasteiger partial charge >= 0.3 is 0 Å². The number of allylic oxidation sites excluding steroid dienone is 1. The molecule has 1 saturated carbocycles. The van der Waals surface area contributed by atoms with E-state index in [2.05, 4.69) is 0 Å². The molecule has 0 unspecified atom stereocenters. The van der Waals surface area contributed by atoms with Gasteiger partial charge in [0.25, 0.3) is 0 Å². The van der Waals surface area contributed by atoms with Gasteiger partial charge in [0.05, 0.1) is 12.7 Å². The van der Waals surface area contributed by atoms with Crippen LogP contribution >= 0.6 is 0 Å². The van der Waals surface area contributed by atoms with Crippen molar-refractivity contribution in [3.63, 3.8) is 0 Å². The molecule has 1 aromatic rings. The van der Waals surface area contributed by atoms with Crippen molar-refractivity contribution in [2.45, 2.75) is 44.8 Å². The highest BCUT2D eigenvalue weighted by Crippen LogP contribution is 2.21. The molecule has 0 saturated heterocycles. The minimum atomic E-state index is 0.121. The Balaban J connectivity index is 1.97. The van der Waals surface area contributed by atoms with Crippen LogP contribution in [0.15, 0.2) is 29.8 Å². The average Bonchev–Trinajstić information content (AvgIpc) is 2.52. The second-order valence-electron chi connectivity index (χ2n) is 5.10. The summed E-state index contributed by atoms with van der Waals surface area (Å²) >= 11 is 0. The van der Waals surface area contributed by atoms with E-state index in [0.29, 0.717) is 12.7 Å². The smallest absolute Gasteiger partial charge is 0.130 e. The van der Waals surface area contributed by atoms with Crippen LogP contribution in [0.5, 0.6) is 0 Å². The lowest BCUT2D eigenvalue weighted by molar-refractivity contribution is 0.0168. The number of benzene rings is 1. The summed E-state index contributed by atoms with van der Waals surface area (Å²) in [5.74, 6) is 0. The first-order valence-corrected chi connectivity index (χ1v) is 7.04. The average molecular weight is 266 g/mol. The molecule has 0 radical (unpaired) electrons. The third kappa shape index (κ3) is 4.23. The summed E-state index contributed by atoms with van der Waals surface area (Å²) in [6.07, 6.45) is 8.16. The highest BCUT2D eigenvalue weighted by atomic mass is 16.5. The lowest BCUT2D eigenvalue weighted by Gasteiger charge is -2.22. The van der Waals surface area contributed by atoms with Crippen molar-refractivity contribution in [1.29, 1.82) is 10.5 Å². The summed E-state index contributed by atoms with van der Waals surface area (Å²) in [5.41, 5.74) is 2.07. The Hall–Kier alpha value is -2.10. The molecule has 1 aliphatic rings. The van der Waals surface area contributed by atoms with E-state index in [1.54, 1.807) is 6.08 Å². The SMILES string of the molecule is N#CC(C#N)=Cc1cccc(COC2CCCCC2)c1. The maximum Gasteiger partial charge on any atom is 0.130 e. The summed E-state index contributed by atoms with van der Waals surface area (Å²) < 4.78 is 5.93. The van der Waals surface area contributed by atoms with Crippen molar-refractivity contribution in [2.24, 2.45) is 0 Å². The van der Waals surface area contributed by atoms with Gasteiger partial charge in [-0.1, -0.05) is 37.5 Å². The molecule has 0 atom stereocenters. The van der Waals surface area contributed by atoms with Gasteiger partial charge in [-0.15, -0.1) is 0 Å². The Morgan fingerprint density at radius 3 is 2.65 bits per heavy atom.